The number of nitrogens with one attached hydrogen (secondary N) is 1. The third-order valence-electron chi connectivity index (χ3n) is 7.58. The minimum atomic E-state index is -0.185. The summed E-state index contributed by atoms with van der Waals surface area (Å²) >= 11 is 1.11. The van der Waals surface area contributed by atoms with Gasteiger partial charge in [0, 0.05) is 50.3 Å². The minimum Gasteiger partial charge on any atom is -0.466 e. The van der Waals surface area contributed by atoms with Crippen LogP contribution in [0.2, 0.25) is 0 Å². The number of nitrogens with zero attached hydrogens (tertiary/aromatic N) is 7. The number of ether oxygens (including phenoxy) is 2. The standard InChI is InChI=1S/C25H34N8O4S/c1-4-5-6-7-20(34)37-15-32-9-8-19-21(26-14-27-22(19)32)31(2)18-10-16-12-33(13-17(16)11-18)25(35)29-24-28-23(36-3)30-38-24/h8-9,14,16-18H,4-7,10-13,15H2,1-3H3,(H,28,29,30,35)/t16-,17+,18?. The Hall–Kier alpha value is -3.48. The first-order valence-electron chi connectivity index (χ1n) is 13.1. The number of carbonyl (C=O) groups excluding carboxylic acids is 2. The molecular weight excluding hydrogens is 508 g/mol. The van der Waals surface area contributed by atoms with Crippen molar-refractivity contribution < 1.29 is 19.1 Å². The highest BCUT2D eigenvalue weighted by Crippen LogP contribution is 2.41. The van der Waals surface area contributed by atoms with Crippen LogP contribution in [0.5, 0.6) is 6.01 Å². The molecular formula is C25H34N8O4S. The molecule has 5 rings (SSSR count). The lowest BCUT2D eigenvalue weighted by Gasteiger charge is -2.28. The van der Waals surface area contributed by atoms with Crippen LogP contribution in [0, 0.1) is 11.8 Å². The molecule has 2 aliphatic rings. The monoisotopic (exact) mass is 542 g/mol. The molecule has 0 aromatic carbocycles. The lowest BCUT2D eigenvalue weighted by Crippen LogP contribution is -2.36. The Labute approximate surface area is 225 Å². The molecule has 0 radical (unpaired) electrons. The average Bonchev–Trinajstić information content (AvgIpc) is 3.70. The largest absolute Gasteiger partial charge is 0.466 e. The predicted octanol–water partition coefficient (Wildman–Crippen LogP) is 3.75. The van der Waals surface area contributed by atoms with E-state index in [4.69, 9.17) is 9.47 Å². The van der Waals surface area contributed by atoms with Gasteiger partial charge in [0.2, 0.25) is 5.13 Å². The van der Waals surface area contributed by atoms with E-state index in [2.05, 4.69) is 43.5 Å². The molecule has 3 atom stereocenters. The first-order valence-corrected chi connectivity index (χ1v) is 13.9. The molecule has 1 aliphatic heterocycles. The lowest BCUT2D eigenvalue weighted by atomic mass is 10.0. The van der Waals surface area contributed by atoms with Crippen LogP contribution in [0.25, 0.3) is 11.0 Å². The molecule has 3 aromatic rings. The van der Waals surface area contributed by atoms with Crippen molar-refractivity contribution in [2.45, 2.75) is 58.2 Å². The Morgan fingerprint density at radius 2 is 2.00 bits per heavy atom. The molecule has 2 amide bonds. The van der Waals surface area contributed by atoms with E-state index in [1.165, 1.54) is 7.11 Å². The molecule has 1 saturated carbocycles. The third kappa shape index (κ3) is 5.52. The number of rotatable bonds is 10. The van der Waals surface area contributed by atoms with Crippen molar-refractivity contribution in [2.24, 2.45) is 11.8 Å². The van der Waals surface area contributed by atoms with Crippen LogP contribution in [-0.4, -0.2) is 74.1 Å². The van der Waals surface area contributed by atoms with E-state index in [1.54, 1.807) is 6.33 Å². The first kappa shape index (κ1) is 26.1. The number of anilines is 2. The summed E-state index contributed by atoms with van der Waals surface area (Å²) in [7, 11) is 3.57. The Kier molecular flexibility index (Phi) is 7.91. The summed E-state index contributed by atoms with van der Waals surface area (Å²) < 4.78 is 16.3. The van der Waals surface area contributed by atoms with Crippen molar-refractivity contribution in [3.63, 3.8) is 0 Å². The van der Waals surface area contributed by atoms with Gasteiger partial charge >= 0.3 is 18.0 Å². The van der Waals surface area contributed by atoms with Gasteiger partial charge in [0.15, 0.2) is 6.73 Å². The van der Waals surface area contributed by atoms with Gasteiger partial charge in [-0.15, -0.1) is 4.37 Å². The van der Waals surface area contributed by atoms with Crippen LogP contribution in [0.3, 0.4) is 0 Å². The number of unbranched alkanes of at least 4 members (excludes halogenated alkanes) is 2. The number of methoxy groups -OCH3 is 1. The van der Waals surface area contributed by atoms with E-state index >= 15 is 0 Å². The molecule has 1 aliphatic carbocycles. The maximum Gasteiger partial charge on any atom is 0.329 e. The van der Waals surface area contributed by atoms with Crippen LogP contribution in [0.1, 0.15) is 45.4 Å². The number of hydrogen-bond donors (Lipinski definition) is 1. The zero-order valence-corrected chi connectivity index (χ0v) is 22.8. The number of esters is 1. The maximum atomic E-state index is 12.7. The first-order chi connectivity index (χ1) is 18.5. The Balaban J connectivity index is 1.17. The van der Waals surface area contributed by atoms with Crippen LogP contribution in [0.4, 0.5) is 15.7 Å². The number of fused-ring (bicyclic) bond motifs is 2. The van der Waals surface area contributed by atoms with Crippen molar-refractivity contribution in [3.05, 3.63) is 18.6 Å². The summed E-state index contributed by atoms with van der Waals surface area (Å²) in [6.07, 6.45) is 8.82. The number of hydrogen-bond acceptors (Lipinski definition) is 10. The lowest BCUT2D eigenvalue weighted by molar-refractivity contribution is -0.147. The van der Waals surface area contributed by atoms with Crippen molar-refractivity contribution in [1.29, 1.82) is 0 Å². The number of likely N-dealkylation sites (tertiary alicyclic amines) is 1. The summed E-state index contributed by atoms with van der Waals surface area (Å²) in [6, 6.07) is 2.41. The number of amides is 2. The highest BCUT2D eigenvalue weighted by atomic mass is 32.1. The van der Waals surface area contributed by atoms with Crippen LogP contribution >= 0.6 is 11.5 Å². The van der Waals surface area contributed by atoms with E-state index < -0.39 is 0 Å². The van der Waals surface area contributed by atoms with Crippen LogP contribution in [-0.2, 0) is 16.3 Å². The van der Waals surface area contributed by atoms with E-state index in [1.807, 2.05) is 21.7 Å². The summed E-state index contributed by atoms with van der Waals surface area (Å²) in [4.78, 5) is 42.1. The molecule has 0 spiro atoms. The second-order valence-corrected chi connectivity index (χ2v) is 10.8. The molecule has 12 nitrogen and oxygen atoms in total. The summed E-state index contributed by atoms with van der Waals surface area (Å²) in [5.41, 5.74) is 0.748. The number of urea groups is 1. The molecule has 2 fully saturated rings. The second kappa shape index (κ2) is 11.5. The number of aromatic nitrogens is 5. The van der Waals surface area contributed by atoms with Gasteiger partial charge in [-0.05, 0) is 37.2 Å². The van der Waals surface area contributed by atoms with Crippen LogP contribution < -0.4 is 15.0 Å². The van der Waals surface area contributed by atoms with E-state index in [-0.39, 0.29) is 24.7 Å². The smallest absolute Gasteiger partial charge is 0.329 e. The fourth-order valence-electron chi connectivity index (χ4n) is 5.55. The fourth-order valence-corrected chi connectivity index (χ4v) is 6.08. The minimum absolute atomic E-state index is 0.143. The molecule has 4 heterocycles. The molecule has 1 N–H and O–H groups in total. The second-order valence-electron chi connectivity index (χ2n) is 10.0. The van der Waals surface area contributed by atoms with Gasteiger partial charge in [0.05, 0.1) is 12.5 Å². The molecule has 1 unspecified atom stereocenters. The fraction of sp³-hybridized carbons (Fsp3) is 0.600. The summed E-state index contributed by atoms with van der Waals surface area (Å²) in [5, 5.41) is 4.20. The topological polar surface area (TPSA) is 128 Å². The van der Waals surface area contributed by atoms with Gasteiger partial charge in [-0.3, -0.25) is 14.7 Å². The predicted molar refractivity (Wildman–Crippen MR) is 143 cm³/mol. The van der Waals surface area contributed by atoms with Gasteiger partial charge in [-0.2, -0.15) is 4.98 Å². The van der Waals surface area contributed by atoms with E-state index in [9.17, 15) is 9.59 Å². The van der Waals surface area contributed by atoms with Crippen molar-refractivity contribution in [1.82, 2.24) is 28.8 Å². The Morgan fingerprint density at radius 3 is 2.71 bits per heavy atom. The van der Waals surface area contributed by atoms with Gasteiger partial charge < -0.3 is 19.3 Å². The molecule has 3 aromatic heterocycles. The van der Waals surface area contributed by atoms with E-state index in [0.717, 1.165) is 73.6 Å². The van der Waals surface area contributed by atoms with Crippen LogP contribution in [0.15, 0.2) is 18.6 Å². The Morgan fingerprint density at radius 1 is 1.21 bits per heavy atom. The zero-order chi connectivity index (χ0) is 26.6. The van der Waals surface area contributed by atoms with Crippen molar-refractivity contribution in [3.8, 4) is 6.01 Å². The number of carbonyl (C=O) groups is 2. The summed E-state index contributed by atoms with van der Waals surface area (Å²) in [5.74, 6) is 1.56. The van der Waals surface area contributed by atoms with Crippen molar-refractivity contribution >= 4 is 45.5 Å². The maximum absolute atomic E-state index is 12.7. The van der Waals surface area contributed by atoms with E-state index in [0.29, 0.717) is 29.4 Å². The SMILES string of the molecule is CCCCCC(=O)OCn1ccc2c(N(C)C3C[C@@H]4CN(C(=O)Nc5nc(OC)ns5)C[C@@H]4C3)ncnc21. The molecule has 0 bridgehead atoms. The molecule has 38 heavy (non-hydrogen) atoms. The highest BCUT2D eigenvalue weighted by molar-refractivity contribution is 7.10. The van der Waals surface area contributed by atoms with Crippen molar-refractivity contribution in [2.75, 3.05) is 37.5 Å². The molecule has 204 valence electrons. The summed E-state index contributed by atoms with van der Waals surface area (Å²) in [6.45, 7) is 3.69. The highest BCUT2D eigenvalue weighted by Gasteiger charge is 2.44. The molecule has 13 heteroatoms. The van der Waals surface area contributed by atoms with Gasteiger partial charge in [0.25, 0.3) is 0 Å². The average molecular weight is 543 g/mol. The third-order valence-corrected chi connectivity index (χ3v) is 8.20. The van der Waals surface area contributed by atoms with Gasteiger partial charge in [0.1, 0.15) is 17.8 Å². The zero-order valence-electron chi connectivity index (χ0n) is 22.0. The normalized spacial score (nSPS) is 20.5. The molecule has 1 saturated heterocycles. The van der Waals surface area contributed by atoms with Gasteiger partial charge in [-0.25, -0.2) is 14.8 Å². The quantitative estimate of drug-likeness (QED) is 0.301. The van der Waals surface area contributed by atoms with Gasteiger partial charge in [-0.1, -0.05) is 19.8 Å². The Bertz CT molecular complexity index is 1270.